The van der Waals surface area contributed by atoms with Crippen molar-refractivity contribution in [1.29, 1.82) is 0 Å². The second-order valence-corrected chi connectivity index (χ2v) is 7.23. The summed E-state index contributed by atoms with van der Waals surface area (Å²) >= 11 is 0. The summed E-state index contributed by atoms with van der Waals surface area (Å²) in [6.07, 6.45) is 3.64. The first kappa shape index (κ1) is 19.4. The topological polar surface area (TPSA) is 92.4 Å². The molecule has 0 saturated carbocycles. The summed E-state index contributed by atoms with van der Waals surface area (Å²) in [5.41, 5.74) is 4.59. The average molecular weight is 421 g/mol. The Morgan fingerprint density at radius 1 is 0.938 bits per heavy atom. The highest BCUT2D eigenvalue weighted by Crippen LogP contribution is 2.31. The van der Waals surface area contributed by atoms with Gasteiger partial charge in [0.05, 0.1) is 17.8 Å². The lowest BCUT2D eigenvalue weighted by Crippen LogP contribution is -2.08. The minimum atomic E-state index is -0.992. The van der Waals surface area contributed by atoms with E-state index in [1.165, 1.54) is 0 Å². The number of hydrogen-bond acceptors (Lipinski definition) is 5. The molecule has 5 aromatic rings. The Morgan fingerprint density at radius 3 is 2.53 bits per heavy atom. The van der Waals surface area contributed by atoms with Gasteiger partial charge in [-0.1, -0.05) is 48.5 Å². The third-order valence-electron chi connectivity index (χ3n) is 5.13. The fourth-order valence-corrected chi connectivity index (χ4v) is 3.59. The van der Waals surface area contributed by atoms with Crippen molar-refractivity contribution in [2.45, 2.75) is 6.54 Å². The van der Waals surface area contributed by atoms with Crippen LogP contribution in [0.5, 0.6) is 0 Å². The van der Waals surface area contributed by atoms with E-state index in [-0.39, 0.29) is 5.56 Å². The van der Waals surface area contributed by atoms with E-state index in [4.69, 9.17) is 4.98 Å². The fourth-order valence-electron chi connectivity index (χ4n) is 3.59. The van der Waals surface area contributed by atoms with Gasteiger partial charge in [0.2, 0.25) is 0 Å². The normalized spacial score (nSPS) is 10.9. The van der Waals surface area contributed by atoms with Crippen LogP contribution in [0.2, 0.25) is 0 Å². The van der Waals surface area contributed by atoms with Crippen LogP contribution in [0.3, 0.4) is 0 Å². The maximum atomic E-state index is 11.4. The summed E-state index contributed by atoms with van der Waals surface area (Å²) in [5.74, 6) is 0.0818. The highest BCUT2D eigenvalue weighted by Gasteiger charge is 2.16. The maximum Gasteiger partial charge on any atom is 0.335 e. The number of rotatable bonds is 6. The third-order valence-corrected chi connectivity index (χ3v) is 5.13. The quantitative estimate of drug-likeness (QED) is 0.410. The van der Waals surface area contributed by atoms with Crippen molar-refractivity contribution < 1.29 is 9.90 Å². The smallest absolute Gasteiger partial charge is 0.335 e. The Hall–Kier alpha value is -4.52. The Kier molecular flexibility index (Phi) is 5.05. The molecule has 7 heteroatoms. The Balaban J connectivity index is 1.64. The molecule has 3 aromatic heterocycles. The van der Waals surface area contributed by atoms with Crippen LogP contribution in [0, 0.1) is 0 Å². The van der Waals surface area contributed by atoms with E-state index < -0.39 is 5.97 Å². The van der Waals surface area contributed by atoms with Crippen molar-refractivity contribution in [3.63, 3.8) is 0 Å². The predicted molar refractivity (Wildman–Crippen MR) is 122 cm³/mol. The Bertz CT molecular complexity index is 1400. The lowest BCUT2D eigenvalue weighted by atomic mass is 10.1. The standard InChI is InChI=1S/C25H19N5O2/c31-25(32)19-10-6-9-18(15-19)23-28-24(27-16-20-11-4-5-13-26-20)22-21(12-14-30(22)29-23)17-7-2-1-3-8-17/h1-15H,16H2,(H,31,32)(H,27,28,29). The van der Waals surface area contributed by atoms with Crippen LogP contribution in [0.4, 0.5) is 5.82 Å². The van der Waals surface area contributed by atoms with Crippen molar-refractivity contribution in [2.75, 3.05) is 5.32 Å². The Morgan fingerprint density at radius 2 is 1.75 bits per heavy atom. The van der Waals surface area contributed by atoms with Gasteiger partial charge in [0.25, 0.3) is 0 Å². The zero-order valence-electron chi connectivity index (χ0n) is 17.0. The SMILES string of the molecule is O=C(O)c1cccc(-c2nc(NCc3ccccn3)c3c(-c4ccccc4)ccn3n2)c1. The van der Waals surface area contributed by atoms with Crippen molar-refractivity contribution in [3.8, 4) is 22.5 Å². The van der Waals surface area contributed by atoms with Crippen LogP contribution < -0.4 is 5.32 Å². The molecule has 0 bridgehead atoms. The zero-order chi connectivity index (χ0) is 21.9. The monoisotopic (exact) mass is 421 g/mol. The highest BCUT2D eigenvalue weighted by atomic mass is 16.4. The molecule has 0 fully saturated rings. The second-order valence-electron chi connectivity index (χ2n) is 7.23. The average Bonchev–Trinajstić information content (AvgIpc) is 3.28. The molecule has 0 aliphatic rings. The molecular weight excluding hydrogens is 402 g/mol. The van der Waals surface area contributed by atoms with Gasteiger partial charge >= 0.3 is 5.97 Å². The molecule has 0 atom stereocenters. The van der Waals surface area contributed by atoms with Gasteiger partial charge in [0.1, 0.15) is 5.52 Å². The number of nitrogens with zero attached hydrogens (tertiary/aromatic N) is 4. The number of anilines is 1. The number of carboxylic acid groups (broad SMARTS) is 1. The molecule has 2 N–H and O–H groups in total. The van der Waals surface area contributed by atoms with E-state index >= 15 is 0 Å². The lowest BCUT2D eigenvalue weighted by molar-refractivity contribution is 0.0697. The van der Waals surface area contributed by atoms with Crippen LogP contribution in [-0.4, -0.2) is 30.7 Å². The fraction of sp³-hybridized carbons (Fsp3) is 0.0400. The molecule has 0 radical (unpaired) electrons. The molecule has 32 heavy (non-hydrogen) atoms. The summed E-state index contributed by atoms with van der Waals surface area (Å²) in [4.78, 5) is 20.6. The van der Waals surface area contributed by atoms with Gasteiger partial charge < -0.3 is 10.4 Å². The molecule has 0 spiro atoms. The van der Waals surface area contributed by atoms with E-state index in [0.717, 1.165) is 22.3 Å². The van der Waals surface area contributed by atoms with Crippen LogP contribution in [-0.2, 0) is 6.54 Å². The van der Waals surface area contributed by atoms with E-state index in [2.05, 4.69) is 15.4 Å². The van der Waals surface area contributed by atoms with Crippen LogP contribution in [0.25, 0.3) is 28.0 Å². The van der Waals surface area contributed by atoms with E-state index in [0.29, 0.717) is 23.8 Å². The number of nitrogens with one attached hydrogen (secondary N) is 1. The molecule has 0 saturated heterocycles. The number of aromatic nitrogens is 4. The number of carboxylic acids is 1. The first-order chi connectivity index (χ1) is 15.7. The van der Waals surface area contributed by atoms with Crippen molar-refractivity contribution in [1.82, 2.24) is 19.6 Å². The van der Waals surface area contributed by atoms with E-state index in [1.807, 2.05) is 60.8 Å². The van der Waals surface area contributed by atoms with Crippen molar-refractivity contribution >= 4 is 17.3 Å². The zero-order valence-corrected chi connectivity index (χ0v) is 17.0. The van der Waals surface area contributed by atoms with Crippen LogP contribution in [0.1, 0.15) is 16.1 Å². The van der Waals surface area contributed by atoms with Crippen molar-refractivity contribution in [2.24, 2.45) is 0 Å². The molecule has 2 aromatic carbocycles. The first-order valence-corrected chi connectivity index (χ1v) is 10.1. The molecule has 5 rings (SSSR count). The maximum absolute atomic E-state index is 11.4. The molecule has 0 unspecified atom stereocenters. The van der Waals surface area contributed by atoms with Gasteiger partial charge in [-0.2, -0.15) is 0 Å². The van der Waals surface area contributed by atoms with Gasteiger partial charge in [-0.05, 0) is 35.9 Å². The summed E-state index contributed by atoms with van der Waals surface area (Å²) in [5, 5.41) is 17.4. The predicted octanol–water partition coefficient (Wildman–Crippen LogP) is 4.77. The van der Waals surface area contributed by atoms with Crippen LogP contribution in [0.15, 0.2) is 91.3 Å². The van der Waals surface area contributed by atoms with Gasteiger partial charge in [0.15, 0.2) is 11.6 Å². The summed E-state index contributed by atoms with van der Waals surface area (Å²) in [7, 11) is 0. The number of fused-ring (bicyclic) bond motifs is 1. The van der Waals surface area contributed by atoms with E-state index in [9.17, 15) is 9.90 Å². The van der Waals surface area contributed by atoms with Gasteiger partial charge in [-0.25, -0.2) is 14.3 Å². The highest BCUT2D eigenvalue weighted by molar-refractivity contribution is 5.90. The van der Waals surface area contributed by atoms with E-state index in [1.54, 1.807) is 35.0 Å². The molecule has 156 valence electrons. The summed E-state index contributed by atoms with van der Waals surface area (Å²) < 4.78 is 1.78. The van der Waals surface area contributed by atoms with Gasteiger partial charge in [0, 0.05) is 23.5 Å². The molecule has 0 aliphatic heterocycles. The number of aromatic carboxylic acids is 1. The first-order valence-electron chi connectivity index (χ1n) is 10.1. The third kappa shape index (κ3) is 3.79. The lowest BCUT2D eigenvalue weighted by Gasteiger charge is -2.12. The summed E-state index contributed by atoms with van der Waals surface area (Å²) in [6, 6.07) is 24.4. The second kappa shape index (κ2) is 8.31. The van der Waals surface area contributed by atoms with Gasteiger partial charge in [-0.15, -0.1) is 5.10 Å². The molecule has 3 heterocycles. The number of pyridine rings is 1. The number of hydrogen-bond donors (Lipinski definition) is 2. The summed E-state index contributed by atoms with van der Waals surface area (Å²) in [6.45, 7) is 0.488. The number of carbonyl (C=O) groups is 1. The van der Waals surface area contributed by atoms with Crippen molar-refractivity contribution in [3.05, 3.63) is 103 Å². The minimum Gasteiger partial charge on any atom is -0.478 e. The molecule has 7 nitrogen and oxygen atoms in total. The molecular formula is C25H19N5O2. The number of benzene rings is 2. The molecule has 0 aliphatic carbocycles. The molecule has 0 amide bonds. The van der Waals surface area contributed by atoms with Gasteiger partial charge in [-0.3, -0.25) is 4.98 Å². The largest absolute Gasteiger partial charge is 0.478 e. The van der Waals surface area contributed by atoms with Crippen LogP contribution >= 0.6 is 0 Å². The minimum absolute atomic E-state index is 0.187. The Labute approximate surface area is 184 Å².